The summed E-state index contributed by atoms with van der Waals surface area (Å²) in [6.45, 7) is 8.24. The van der Waals surface area contributed by atoms with E-state index in [2.05, 4.69) is 35.9 Å². The monoisotopic (exact) mass is 407 g/mol. The fourth-order valence-corrected chi connectivity index (χ4v) is 4.80. The fraction of sp³-hybridized carbons (Fsp3) is 0.417. The highest BCUT2D eigenvalue weighted by Crippen LogP contribution is 2.49. The summed E-state index contributed by atoms with van der Waals surface area (Å²) in [7, 11) is 1.60. The van der Waals surface area contributed by atoms with Crippen LogP contribution in [0.15, 0.2) is 36.4 Å². The van der Waals surface area contributed by atoms with Gasteiger partial charge in [0.25, 0.3) is 0 Å². The highest BCUT2D eigenvalue weighted by molar-refractivity contribution is 6.11. The lowest BCUT2D eigenvalue weighted by Crippen LogP contribution is -2.52. The van der Waals surface area contributed by atoms with Gasteiger partial charge in [-0.25, -0.2) is 0 Å². The van der Waals surface area contributed by atoms with E-state index in [4.69, 9.17) is 4.74 Å². The van der Waals surface area contributed by atoms with Crippen LogP contribution in [0.3, 0.4) is 0 Å². The Hall–Kier alpha value is -2.86. The molecule has 3 atom stereocenters. The van der Waals surface area contributed by atoms with Crippen molar-refractivity contribution in [2.45, 2.75) is 45.7 Å². The van der Waals surface area contributed by atoms with E-state index in [0.29, 0.717) is 18.0 Å². The topological polar surface area (TPSA) is 79.5 Å². The quantitative estimate of drug-likeness (QED) is 0.722. The summed E-state index contributed by atoms with van der Waals surface area (Å²) in [5.41, 5.74) is 3.42. The maximum atomic E-state index is 13.5. The van der Waals surface area contributed by atoms with Crippen molar-refractivity contribution in [3.05, 3.63) is 53.1 Å². The SMILES string of the molecule is COc1ccc(NC(=O)C2CC(C(C)C)NC23C(=O)Nc2c(C)cc(C)cc23)cc1. The van der Waals surface area contributed by atoms with E-state index >= 15 is 0 Å². The lowest BCUT2D eigenvalue weighted by atomic mass is 9.78. The zero-order chi connectivity index (χ0) is 21.6. The van der Waals surface area contributed by atoms with Crippen molar-refractivity contribution in [1.82, 2.24) is 5.32 Å². The van der Waals surface area contributed by atoms with Crippen molar-refractivity contribution >= 4 is 23.2 Å². The van der Waals surface area contributed by atoms with E-state index in [9.17, 15) is 9.59 Å². The zero-order valence-electron chi connectivity index (χ0n) is 18.1. The second kappa shape index (κ2) is 7.43. The Labute approximate surface area is 177 Å². The van der Waals surface area contributed by atoms with Gasteiger partial charge in [-0.05, 0) is 56.0 Å². The number of hydrogen-bond donors (Lipinski definition) is 3. The van der Waals surface area contributed by atoms with Crippen LogP contribution in [0.4, 0.5) is 11.4 Å². The second-order valence-corrected chi connectivity index (χ2v) is 8.77. The second-order valence-electron chi connectivity index (χ2n) is 8.77. The van der Waals surface area contributed by atoms with Gasteiger partial charge in [-0.15, -0.1) is 0 Å². The number of anilines is 2. The number of ether oxygens (including phenoxy) is 1. The Bertz CT molecular complexity index is 1000. The van der Waals surface area contributed by atoms with Crippen molar-refractivity contribution in [3.63, 3.8) is 0 Å². The first-order valence-corrected chi connectivity index (χ1v) is 10.4. The standard InChI is InChI=1S/C24H29N3O3/c1-13(2)20-12-19(22(28)25-16-6-8-17(30-5)9-7-16)24(27-20)18-11-14(3)10-15(4)21(18)26-23(24)29/h6-11,13,19-20,27H,12H2,1-5H3,(H,25,28)(H,26,29). The van der Waals surface area contributed by atoms with Crippen molar-refractivity contribution in [2.24, 2.45) is 11.8 Å². The predicted molar refractivity (Wildman–Crippen MR) is 118 cm³/mol. The summed E-state index contributed by atoms with van der Waals surface area (Å²) in [6, 6.07) is 11.4. The van der Waals surface area contributed by atoms with Gasteiger partial charge in [-0.1, -0.05) is 31.5 Å². The molecule has 30 heavy (non-hydrogen) atoms. The van der Waals surface area contributed by atoms with E-state index in [1.807, 2.05) is 32.0 Å². The lowest BCUT2D eigenvalue weighted by molar-refractivity contribution is -0.130. The molecule has 0 saturated carbocycles. The zero-order valence-corrected chi connectivity index (χ0v) is 18.1. The Morgan fingerprint density at radius 1 is 1.20 bits per heavy atom. The van der Waals surface area contributed by atoms with Gasteiger partial charge < -0.3 is 15.4 Å². The third kappa shape index (κ3) is 3.16. The highest BCUT2D eigenvalue weighted by Gasteiger charge is 2.60. The van der Waals surface area contributed by atoms with Crippen LogP contribution < -0.4 is 20.7 Å². The van der Waals surface area contributed by atoms with Crippen LogP contribution >= 0.6 is 0 Å². The minimum Gasteiger partial charge on any atom is -0.497 e. The molecule has 6 heteroatoms. The molecule has 2 aromatic rings. The summed E-state index contributed by atoms with van der Waals surface area (Å²) >= 11 is 0. The molecule has 158 valence electrons. The van der Waals surface area contributed by atoms with Crippen LogP contribution in [0.5, 0.6) is 5.75 Å². The van der Waals surface area contributed by atoms with Crippen LogP contribution in [-0.4, -0.2) is 25.0 Å². The third-order valence-electron chi connectivity index (χ3n) is 6.41. The maximum absolute atomic E-state index is 13.5. The van der Waals surface area contributed by atoms with Gasteiger partial charge in [0.15, 0.2) is 0 Å². The summed E-state index contributed by atoms with van der Waals surface area (Å²) in [5, 5.41) is 9.63. The molecule has 2 aromatic carbocycles. The van der Waals surface area contributed by atoms with Gasteiger partial charge in [0.1, 0.15) is 11.3 Å². The minimum atomic E-state index is -1.06. The highest BCUT2D eigenvalue weighted by atomic mass is 16.5. The van der Waals surface area contributed by atoms with E-state index in [-0.39, 0.29) is 17.9 Å². The smallest absolute Gasteiger partial charge is 0.250 e. The molecule has 2 heterocycles. The first-order chi connectivity index (χ1) is 14.3. The lowest BCUT2D eigenvalue weighted by Gasteiger charge is -2.30. The number of fused-ring (bicyclic) bond motifs is 2. The van der Waals surface area contributed by atoms with Crippen LogP contribution in [0, 0.1) is 25.7 Å². The number of hydrogen-bond acceptors (Lipinski definition) is 4. The first kappa shape index (κ1) is 20.4. The van der Waals surface area contributed by atoms with Crippen LogP contribution in [-0.2, 0) is 15.1 Å². The third-order valence-corrected chi connectivity index (χ3v) is 6.41. The van der Waals surface area contributed by atoms with Gasteiger partial charge >= 0.3 is 0 Å². The van der Waals surface area contributed by atoms with Crippen LogP contribution in [0.2, 0.25) is 0 Å². The number of nitrogens with one attached hydrogen (secondary N) is 3. The molecule has 3 N–H and O–H groups in total. The van der Waals surface area contributed by atoms with Gasteiger partial charge in [0.05, 0.1) is 13.0 Å². The molecule has 1 saturated heterocycles. The van der Waals surface area contributed by atoms with Crippen molar-refractivity contribution < 1.29 is 14.3 Å². The Kier molecular flexibility index (Phi) is 5.06. The Balaban J connectivity index is 1.74. The molecule has 0 aromatic heterocycles. The van der Waals surface area contributed by atoms with Crippen molar-refractivity contribution in [1.29, 1.82) is 0 Å². The maximum Gasteiger partial charge on any atom is 0.250 e. The molecule has 1 fully saturated rings. The molecule has 2 amide bonds. The molecule has 0 aliphatic carbocycles. The van der Waals surface area contributed by atoms with E-state index in [1.54, 1.807) is 19.2 Å². The summed E-state index contributed by atoms with van der Waals surface area (Å²) in [5.74, 6) is 0.196. The number of amides is 2. The van der Waals surface area contributed by atoms with Crippen LogP contribution in [0.25, 0.3) is 0 Å². The molecule has 4 rings (SSSR count). The Morgan fingerprint density at radius 2 is 1.90 bits per heavy atom. The summed E-state index contributed by atoms with van der Waals surface area (Å²) in [4.78, 5) is 26.8. The summed E-state index contributed by atoms with van der Waals surface area (Å²) < 4.78 is 5.19. The number of rotatable bonds is 4. The molecular formula is C24H29N3O3. The van der Waals surface area contributed by atoms with E-state index in [1.165, 1.54) is 0 Å². The molecule has 0 radical (unpaired) electrons. The van der Waals surface area contributed by atoms with Gasteiger partial charge in [0, 0.05) is 23.0 Å². The molecule has 3 unspecified atom stereocenters. The molecule has 1 spiro atoms. The normalized spacial score (nSPS) is 24.8. The van der Waals surface area contributed by atoms with Gasteiger partial charge in [0.2, 0.25) is 11.8 Å². The average molecular weight is 408 g/mol. The molecular weight excluding hydrogens is 378 g/mol. The number of benzene rings is 2. The number of carbonyl (C=O) groups is 2. The number of aryl methyl sites for hydroxylation is 2. The van der Waals surface area contributed by atoms with E-state index in [0.717, 1.165) is 28.1 Å². The molecule has 2 aliphatic heterocycles. The van der Waals surface area contributed by atoms with Gasteiger partial charge in [-0.3, -0.25) is 14.9 Å². The number of methoxy groups -OCH3 is 1. The number of carbonyl (C=O) groups excluding carboxylic acids is 2. The Morgan fingerprint density at radius 3 is 2.53 bits per heavy atom. The average Bonchev–Trinajstić information content (AvgIpc) is 3.24. The van der Waals surface area contributed by atoms with Crippen molar-refractivity contribution in [2.75, 3.05) is 17.7 Å². The van der Waals surface area contributed by atoms with Crippen molar-refractivity contribution in [3.8, 4) is 5.75 Å². The largest absolute Gasteiger partial charge is 0.497 e. The minimum absolute atomic E-state index is 0.0640. The summed E-state index contributed by atoms with van der Waals surface area (Å²) in [6.07, 6.45) is 0.597. The molecule has 0 bridgehead atoms. The van der Waals surface area contributed by atoms with E-state index < -0.39 is 11.5 Å². The molecule has 6 nitrogen and oxygen atoms in total. The van der Waals surface area contributed by atoms with Gasteiger partial charge in [-0.2, -0.15) is 0 Å². The fourth-order valence-electron chi connectivity index (χ4n) is 4.80. The molecule has 2 aliphatic rings. The predicted octanol–water partition coefficient (Wildman–Crippen LogP) is 3.73. The first-order valence-electron chi connectivity index (χ1n) is 10.4. The van der Waals surface area contributed by atoms with Crippen LogP contribution in [0.1, 0.15) is 37.0 Å².